The molecule has 2 spiro atoms. The fraction of sp³-hybridized carbons (Fsp3) is 0.722. The normalized spacial score (nSPS) is 29.7. The molecule has 2 aromatic heterocycles. The van der Waals surface area contributed by atoms with Gasteiger partial charge in [-0.2, -0.15) is 0 Å². The monoisotopic (exact) mass is 1480 g/mol. The number of pyridine rings is 1. The summed E-state index contributed by atoms with van der Waals surface area (Å²) in [4.78, 5) is 34.0. The Kier molecular flexibility index (Phi) is 23.6. The van der Waals surface area contributed by atoms with E-state index in [-0.39, 0.29) is 39.9 Å². The Morgan fingerprint density at radius 1 is 0.343 bits per heavy atom. The van der Waals surface area contributed by atoms with Crippen molar-refractivity contribution in [2.75, 3.05) is 24.5 Å². The van der Waals surface area contributed by atoms with Crippen molar-refractivity contribution in [1.29, 1.82) is 0 Å². The van der Waals surface area contributed by atoms with Crippen molar-refractivity contribution >= 4 is 40.2 Å². The van der Waals surface area contributed by atoms with Crippen molar-refractivity contribution in [3.05, 3.63) is 121 Å². The van der Waals surface area contributed by atoms with Crippen molar-refractivity contribution in [3.63, 3.8) is 0 Å². The van der Waals surface area contributed by atoms with Gasteiger partial charge in [0.15, 0.2) is 17.5 Å². The first kappa shape index (κ1) is 85.2. The van der Waals surface area contributed by atoms with Gasteiger partial charge < -0.3 is 24.5 Å². The Balaban J connectivity index is 0.000000139. The molecule has 5 aliphatic carbocycles. The quantitative estimate of drug-likeness (QED) is 0.170. The summed E-state index contributed by atoms with van der Waals surface area (Å²) in [7, 11) is 0. The van der Waals surface area contributed by atoms with Gasteiger partial charge >= 0.3 is 0 Å². The largest absolute Gasteiger partial charge is 0.363 e. The minimum Gasteiger partial charge on any atom is -0.363 e. The van der Waals surface area contributed by atoms with Crippen LogP contribution in [0.1, 0.15) is 324 Å². The summed E-state index contributed by atoms with van der Waals surface area (Å²) in [6, 6.07) is 36.6. The molecule has 3 aromatic carbocycles. The summed E-state index contributed by atoms with van der Waals surface area (Å²) >= 11 is 0. The minimum absolute atomic E-state index is 0.00622. The summed E-state index contributed by atoms with van der Waals surface area (Å²) in [6.07, 6.45) is 25.1. The molecule has 0 N–H and O–H groups in total. The molecule has 8 fully saturated rings. The molecule has 16 rings (SSSR count). The van der Waals surface area contributed by atoms with Crippen LogP contribution >= 0.6 is 0 Å². The molecule has 11 aliphatic rings. The second-order valence-electron chi connectivity index (χ2n) is 44.7. The van der Waals surface area contributed by atoms with Crippen LogP contribution in [-0.2, 0) is 5.41 Å². The highest BCUT2D eigenvalue weighted by Crippen LogP contribution is 2.70. The van der Waals surface area contributed by atoms with Gasteiger partial charge in [0.1, 0.15) is 12.3 Å². The number of benzene rings is 3. The van der Waals surface area contributed by atoms with Crippen LogP contribution in [0.3, 0.4) is 0 Å². The summed E-state index contributed by atoms with van der Waals surface area (Å²) in [5.74, 6) is 7.22. The molecule has 5 aromatic rings. The molecule has 600 valence electrons. The predicted octanol–water partition coefficient (Wildman–Crippen LogP) is 25.1. The molecule has 6 unspecified atom stereocenters. The zero-order valence-electron chi connectivity index (χ0n) is 75.4. The molecule has 5 saturated carbocycles. The molecule has 3 saturated heterocycles. The molecule has 4 bridgehead atoms. The van der Waals surface area contributed by atoms with E-state index >= 15 is 0 Å². The molecular formula is C97H157N11. The maximum atomic E-state index is 4.62. The molecular weight excluding hydrogens is 1320 g/mol. The number of nitrogens with zero attached hydrogens (tertiary/aromatic N) is 11. The van der Waals surface area contributed by atoms with Gasteiger partial charge in [-0.05, 0) is 360 Å². The van der Waals surface area contributed by atoms with Crippen LogP contribution in [0, 0.1) is 39.9 Å². The van der Waals surface area contributed by atoms with Gasteiger partial charge in [-0.1, -0.05) is 102 Å². The van der Waals surface area contributed by atoms with Gasteiger partial charge in [-0.25, -0.2) is 15.0 Å². The maximum Gasteiger partial charge on any atom is 0.178 e. The number of hydrogen-bond donors (Lipinski definition) is 0. The Bertz CT molecular complexity index is 3660. The number of para-hydroxylation sites is 3. The third-order valence-corrected chi connectivity index (χ3v) is 28.4. The molecule has 108 heavy (non-hydrogen) atoms. The van der Waals surface area contributed by atoms with Crippen molar-refractivity contribution in [2.45, 2.75) is 411 Å². The van der Waals surface area contributed by atoms with Gasteiger partial charge in [0.25, 0.3) is 0 Å². The van der Waals surface area contributed by atoms with E-state index in [1.165, 1.54) is 74.0 Å². The van der Waals surface area contributed by atoms with Gasteiger partial charge in [0.2, 0.25) is 0 Å². The molecule has 0 radical (unpaired) electrons. The lowest BCUT2D eigenvalue weighted by atomic mass is 9.43. The van der Waals surface area contributed by atoms with Crippen molar-refractivity contribution in [1.82, 2.24) is 29.7 Å². The van der Waals surface area contributed by atoms with Gasteiger partial charge in [0, 0.05) is 115 Å². The smallest absolute Gasteiger partial charge is 0.178 e. The summed E-state index contributed by atoms with van der Waals surface area (Å²) in [6.45, 7) is 80.0. The van der Waals surface area contributed by atoms with E-state index in [9.17, 15) is 0 Å². The highest BCUT2D eigenvalue weighted by molar-refractivity contribution is 5.82. The Morgan fingerprint density at radius 3 is 1.19 bits per heavy atom. The van der Waals surface area contributed by atoms with Crippen LogP contribution in [0.2, 0.25) is 0 Å². The van der Waals surface area contributed by atoms with E-state index in [0.29, 0.717) is 56.0 Å². The average Bonchev–Trinajstić information content (AvgIpc) is 1.49. The summed E-state index contributed by atoms with van der Waals surface area (Å²) in [5, 5.41) is 0. The van der Waals surface area contributed by atoms with E-state index in [2.05, 4.69) is 374 Å². The number of fused-ring (bicyclic) bond motifs is 3. The van der Waals surface area contributed by atoms with Crippen molar-refractivity contribution < 1.29 is 0 Å². The van der Waals surface area contributed by atoms with Crippen LogP contribution in [-0.4, -0.2) is 116 Å². The first-order valence-electron chi connectivity index (χ1n) is 42.9. The fourth-order valence-electron chi connectivity index (χ4n) is 26.2. The Hall–Kier alpha value is -5.23. The molecule has 11 heteroatoms. The Morgan fingerprint density at radius 2 is 0.741 bits per heavy atom. The van der Waals surface area contributed by atoms with E-state index in [1.807, 2.05) is 18.3 Å². The lowest BCUT2D eigenvalue weighted by Crippen LogP contribution is -2.59. The summed E-state index contributed by atoms with van der Waals surface area (Å²) in [5.41, 5.74) is 10.5. The first-order chi connectivity index (χ1) is 49.6. The van der Waals surface area contributed by atoms with Crippen LogP contribution in [0.15, 0.2) is 116 Å². The molecule has 0 amide bonds. The van der Waals surface area contributed by atoms with E-state index in [1.54, 1.807) is 44.5 Å². The van der Waals surface area contributed by atoms with Crippen molar-refractivity contribution in [3.8, 4) is 0 Å². The number of aromatic nitrogens is 3. The Labute approximate surface area is 662 Å². The third kappa shape index (κ3) is 16.3. The minimum atomic E-state index is -0.00622. The zero-order valence-corrected chi connectivity index (χ0v) is 75.4. The predicted molar refractivity (Wildman–Crippen MR) is 466 cm³/mol. The lowest BCUT2D eigenvalue weighted by molar-refractivity contribution is -0.125. The topological polar surface area (TPSA) is 64.6 Å². The molecule has 8 heterocycles. The van der Waals surface area contributed by atoms with Crippen LogP contribution in [0.4, 0.5) is 40.2 Å². The van der Waals surface area contributed by atoms with E-state index in [0.717, 1.165) is 58.9 Å². The third-order valence-electron chi connectivity index (χ3n) is 28.4. The van der Waals surface area contributed by atoms with E-state index in [4.69, 9.17) is 0 Å². The summed E-state index contributed by atoms with van der Waals surface area (Å²) < 4.78 is 0. The van der Waals surface area contributed by atoms with Gasteiger partial charge in [0.05, 0.1) is 5.69 Å². The molecule has 11 nitrogen and oxygen atoms in total. The van der Waals surface area contributed by atoms with Crippen LogP contribution in [0.25, 0.3) is 0 Å². The lowest BCUT2D eigenvalue weighted by Gasteiger charge is -2.62. The van der Waals surface area contributed by atoms with Crippen LogP contribution in [0.5, 0.6) is 0 Å². The highest BCUT2D eigenvalue weighted by Gasteiger charge is 2.67. The average molecular weight is 1480 g/mol. The second kappa shape index (κ2) is 29.9. The number of rotatable bonds is 2. The van der Waals surface area contributed by atoms with Crippen LogP contribution < -0.4 is 24.5 Å². The zero-order chi connectivity index (χ0) is 80.3. The SMILES string of the molecule is CC1N(C(C)(C)C)C(C)(C)CC1(C)C.CC1N(C(C)(C)C)C(C)(C)CC12C1CC3CC(C1)CC2C3.CC1N(C(C)(C)C)C(C)(C)CC12CCCCC2.CC1N(C(C)(C)C)c2ccccc2C1(C)C.CC1N(c2ccccc2)c2cccnc2N1C(C)(C)C.CC1N(c2ccccc2)c2nccnc2N1C(C)(C)C. The van der Waals surface area contributed by atoms with Gasteiger partial charge in [-0.15, -0.1) is 0 Å². The second-order valence-corrected chi connectivity index (χ2v) is 44.7. The number of anilines is 7. The number of likely N-dealkylation sites (tertiary alicyclic amines) is 3. The van der Waals surface area contributed by atoms with Crippen molar-refractivity contribution in [2.24, 2.45) is 39.9 Å². The van der Waals surface area contributed by atoms with Gasteiger partial charge in [-0.3, -0.25) is 14.7 Å². The fourth-order valence-corrected chi connectivity index (χ4v) is 26.2. The highest BCUT2D eigenvalue weighted by atomic mass is 15.5. The molecule has 6 atom stereocenters. The van der Waals surface area contributed by atoms with E-state index < -0.39 is 0 Å². The molecule has 6 aliphatic heterocycles. The number of hydrogen-bond acceptors (Lipinski definition) is 11. The standard InChI is InChI=1S/C20H35N.C17H21N3.C16H20N4.C16H31N.C15H23N.C13H27N/c1-13-20(12-19(5,6)21(13)18(2,3)4)16-8-14-7-15(10-16)11-17(20)9-14;1-13-19(14-9-6-5-7-10-14)15-11-8-12-18-16(15)20(13)17(2,3)4;1-12-19(13-8-6-5-7-9-13)14-15(18-11-10-17-14)20(12)16(2,3)4;1-13-16(10-8-7-9-11-16)12-15(5,6)17(13)14(2,3)4;1-11-15(5,6)12-9-7-8-10-13(12)16(11)14(2,3)4;1-10-12(5,6)9-13(7,8)14(10)11(2,3)4/h13-17H,7-12H2,1-6H3;5-13H,1-4H3;5-12H,1-4H3;13H,7-12H2,1-6H3;7-11H,1-6H3;10H,9H2,1-8H3. The first-order valence-corrected chi connectivity index (χ1v) is 42.9. The maximum absolute atomic E-state index is 4.62.